The quantitative estimate of drug-likeness (QED) is 0.652. The average Bonchev–Trinajstić information content (AvgIpc) is 3.27. The zero-order chi connectivity index (χ0) is 19.1. The van der Waals surface area contributed by atoms with Crippen LogP contribution in [0.3, 0.4) is 0 Å². The molecule has 140 valence electrons. The SMILES string of the molecule is CC(C)(C)n1nc(C(=O)Nc2cccc(Cl)c2SC(F)F)cc1C1CC1. The van der Waals surface area contributed by atoms with Gasteiger partial charge in [0.15, 0.2) is 5.69 Å². The van der Waals surface area contributed by atoms with Crippen LogP contribution in [0.25, 0.3) is 0 Å². The van der Waals surface area contributed by atoms with Crippen LogP contribution in [-0.4, -0.2) is 21.4 Å². The van der Waals surface area contributed by atoms with E-state index in [0.717, 1.165) is 18.5 Å². The number of nitrogens with one attached hydrogen (secondary N) is 1. The van der Waals surface area contributed by atoms with Crippen molar-refractivity contribution in [3.05, 3.63) is 40.7 Å². The number of rotatable bonds is 5. The number of carbonyl (C=O) groups excluding carboxylic acids is 1. The monoisotopic (exact) mass is 399 g/mol. The normalized spacial score (nSPS) is 14.7. The zero-order valence-corrected chi connectivity index (χ0v) is 16.3. The Balaban J connectivity index is 1.89. The lowest BCUT2D eigenvalue weighted by Gasteiger charge is -2.22. The number of alkyl halides is 2. The molecule has 0 spiro atoms. The topological polar surface area (TPSA) is 46.9 Å². The molecule has 1 aliphatic carbocycles. The van der Waals surface area contributed by atoms with Crippen LogP contribution in [-0.2, 0) is 5.54 Å². The summed E-state index contributed by atoms with van der Waals surface area (Å²) in [6.45, 7) is 6.09. The largest absolute Gasteiger partial charge is 0.319 e. The van der Waals surface area contributed by atoms with Crippen molar-refractivity contribution in [2.45, 2.75) is 55.7 Å². The predicted octanol–water partition coefficient (Wildman–Crippen LogP) is 5.74. The van der Waals surface area contributed by atoms with Crippen molar-refractivity contribution in [2.24, 2.45) is 0 Å². The minimum Gasteiger partial charge on any atom is -0.319 e. The van der Waals surface area contributed by atoms with Crippen molar-refractivity contribution in [3.63, 3.8) is 0 Å². The lowest BCUT2D eigenvalue weighted by molar-refractivity contribution is 0.102. The van der Waals surface area contributed by atoms with Gasteiger partial charge in [-0.15, -0.1) is 0 Å². The first-order valence-corrected chi connectivity index (χ1v) is 9.57. The molecule has 1 fully saturated rings. The van der Waals surface area contributed by atoms with Gasteiger partial charge in [-0.05, 0) is 51.8 Å². The van der Waals surface area contributed by atoms with Crippen LogP contribution in [0.15, 0.2) is 29.2 Å². The maximum atomic E-state index is 12.8. The molecule has 0 aliphatic heterocycles. The van der Waals surface area contributed by atoms with Crippen LogP contribution in [0.4, 0.5) is 14.5 Å². The second-order valence-corrected chi connectivity index (χ2v) is 8.67. The Bertz CT molecular complexity index is 828. The van der Waals surface area contributed by atoms with E-state index in [1.807, 2.05) is 25.5 Å². The van der Waals surface area contributed by atoms with Crippen LogP contribution in [0.5, 0.6) is 0 Å². The van der Waals surface area contributed by atoms with E-state index in [0.29, 0.717) is 17.7 Å². The molecule has 3 rings (SSSR count). The molecule has 1 aromatic carbocycles. The fourth-order valence-corrected chi connectivity index (χ4v) is 3.63. The summed E-state index contributed by atoms with van der Waals surface area (Å²) in [5.74, 6) is -2.64. The van der Waals surface area contributed by atoms with E-state index in [4.69, 9.17) is 11.6 Å². The number of nitrogens with zero attached hydrogens (tertiary/aromatic N) is 2. The smallest absolute Gasteiger partial charge is 0.289 e. The van der Waals surface area contributed by atoms with Gasteiger partial charge in [0.25, 0.3) is 11.7 Å². The molecule has 1 saturated carbocycles. The van der Waals surface area contributed by atoms with E-state index < -0.39 is 11.7 Å². The summed E-state index contributed by atoms with van der Waals surface area (Å²) in [5.41, 5.74) is 1.32. The zero-order valence-electron chi connectivity index (χ0n) is 14.7. The molecule has 0 radical (unpaired) electrons. The molecule has 1 aromatic heterocycles. The van der Waals surface area contributed by atoms with Crippen molar-refractivity contribution in [1.29, 1.82) is 0 Å². The maximum absolute atomic E-state index is 12.8. The first kappa shape index (κ1) is 19.2. The van der Waals surface area contributed by atoms with Gasteiger partial charge in [-0.25, -0.2) is 0 Å². The summed E-state index contributed by atoms with van der Waals surface area (Å²) in [6, 6.07) is 6.47. The number of hydrogen-bond acceptors (Lipinski definition) is 3. The number of amides is 1. The van der Waals surface area contributed by atoms with Gasteiger partial charge >= 0.3 is 0 Å². The van der Waals surface area contributed by atoms with E-state index in [1.54, 1.807) is 18.2 Å². The minimum absolute atomic E-state index is 0.148. The summed E-state index contributed by atoms with van der Waals surface area (Å²) >= 11 is 6.33. The average molecular weight is 400 g/mol. The molecule has 0 unspecified atom stereocenters. The molecule has 2 aromatic rings. The maximum Gasteiger partial charge on any atom is 0.289 e. The number of aromatic nitrogens is 2. The summed E-state index contributed by atoms with van der Waals surface area (Å²) in [4.78, 5) is 12.8. The summed E-state index contributed by atoms with van der Waals surface area (Å²) in [5, 5.41) is 7.31. The fourth-order valence-electron chi connectivity index (χ4n) is 2.72. The van der Waals surface area contributed by atoms with Crippen molar-refractivity contribution >= 4 is 35.0 Å². The standard InChI is InChI=1S/C18H20ClF2N3OS/c1-18(2,3)24-14(10-7-8-10)9-13(23-24)16(25)22-12-6-4-5-11(19)15(12)26-17(20)21/h4-6,9-10,17H,7-8H2,1-3H3,(H,22,25). The molecule has 8 heteroatoms. The Morgan fingerprint density at radius 3 is 2.65 bits per heavy atom. The highest BCUT2D eigenvalue weighted by Crippen LogP contribution is 2.42. The molecule has 26 heavy (non-hydrogen) atoms. The van der Waals surface area contributed by atoms with Crippen molar-refractivity contribution in [1.82, 2.24) is 9.78 Å². The number of benzene rings is 1. The molecule has 1 heterocycles. The highest BCUT2D eigenvalue weighted by molar-refractivity contribution is 7.99. The van der Waals surface area contributed by atoms with Crippen molar-refractivity contribution < 1.29 is 13.6 Å². The molecule has 4 nitrogen and oxygen atoms in total. The predicted molar refractivity (Wildman–Crippen MR) is 100 cm³/mol. The van der Waals surface area contributed by atoms with E-state index >= 15 is 0 Å². The first-order valence-electron chi connectivity index (χ1n) is 8.32. The minimum atomic E-state index is -2.63. The molecule has 1 N–H and O–H groups in total. The van der Waals surface area contributed by atoms with E-state index in [-0.39, 0.29) is 26.8 Å². The lowest BCUT2D eigenvalue weighted by Crippen LogP contribution is -2.25. The molecule has 0 atom stereocenters. The van der Waals surface area contributed by atoms with Gasteiger partial charge in [0, 0.05) is 11.6 Å². The van der Waals surface area contributed by atoms with Gasteiger partial charge in [-0.3, -0.25) is 9.48 Å². The molecule has 1 aliphatic rings. The fraction of sp³-hybridized carbons (Fsp3) is 0.444. The Labute approximate surface area is 160 Å². The first-order chi connectivity index (χ1) is 12.2. The van der Waals surface area contributed by atoms with E-state index in [2.05, 4.69) is 10.4 Å². The van der Waals surface area contributed by atoms with Crippen LogP contribution < -0.4 is 5.32 Å². The van der Waals surface area contributed by atoms with E-state index in [9.17, 15) is 13.6 Å². The second kappa shape index (κ2) is 7.19. The molecular formula is C18H20ClF2N3OS. The summed E-state index contributed by atoms with van der Waals surface area (Å²) in [6.07, 6.45) is 2.18. The Morgan fingerprint density at radius 1 is 1.38 bits per heavy atom. The van der Waals surface area contributed by atoms with E-state index in [1.165, 1.54) is 6.07 Å². The third-order valence-electron chi connectivity index (χ3n) is 4.02. The number of carbonyl (C=O) groups is 1. The highest BCUT2D eigenvalue weighted by Gasteiger charge is 2.32. The molecular weight excluding hydrogens is 380 g/mol. The summed E-state index contributed by atoms with van der Waals surface area (Å²) < 4.78 is 27.5. The number of halogens is 3. The van der Waals surface area contributed by atoms with Gasteiger partial charge in [-0.1, -0.05) is 29.4 Å². The van der Waals surface area contributed by atoms with Crippen LogP contribution in [0.1, 0.15) is 55.7 Å². The number of anilines is 1. The Hall–Kier alpha value is -1.60. The van der Waals surface area contributed by atoms with Gasteiger partial charge in [0.1, 0.15) is 0 Å². The number of hydrogen-bond donors (Lipinski definition) is 1. The second-order valence-electron chi connectivity index (χ2n) is 7.26. The molecule has 1 amide bonds. The van der Waals surface area contributed by atoms with Crippen LogP contribution in [0.2, 0.25) is 5.02 Å². The van der Waals surface area contributed by atoms with Crippen molar-refractivity contribution in [3.8, 4) is 0 Å². The number of thioether (sulfide) groups is 1. The van der Waals surface area contributed by atoms with Gasteiger partial charge in [0.05, 0.1) is 21.1 Å². The van der Waals surface area contributed by atoms with Crippen LogP contribution >= 0.6 is 23.4 Å². The Kier molecular flexibility index (Phi) is 5.30. The van der Waals surface area contributed by atoms with Gasteiger partial charge < -0.3 is 5.32 Å². The Morgan fingerprint density at radius 2 is 2.08 bits per heavy atom. The summed E-state index contributed by atoms with van der Waals surface area (Å²) in [7, 11) is 0. The highest BCUT2D eigenvalue weighted by atomic mass is 35.5. The molecule has 0 bridgehead atoms. The van der Waals surface area contributed by atoms with Gasteiger partial charge in [0.2, 0.25) is 0 Å². The van der Waals surface area contributed by atoms with Crippen molar-refractivity contribution in [2.75, 3.05) is 5.32 Å². The van der Waals surface area contributed by atoms with Gasteiger partial charge in [-0.2, -0.15) is 13.9 Å². The lowest BCUT2D eigenvalue weighted by atomic mass is 10.1. The van der Waals surface area contributed by atoms with Crippen LogP contribution in [0, 0.1) is 0 Å². The third-order valence-corrected chi connectivity index (χ3v) is 5.30. The third kappa shape index (κ3) is 4.20. The molecule has 0 saturated heterocycles.